The fraction of sp³-hybridized carbons (Fsp3) is 0.294. The second kappa shape index (κ2) is 6.05. The fourth-order valence-corrected chi connectivity index (χ4v) is 2.81. The second-order valence-corrected chi connectivity index (χ2v) is 5.30. The van der Waals surface area contributed by atoms with Crippen molar-refractivity contribution in [1.82, 2.24) is 9.78 Å². The smallest absolute Gasteiger partial charge is 0.339 e. The number of allylic oxidation sites excluding steroid dienone is 2. The predicted octanol–water partition coefficient (Wildman–Crippen LogP) is 3.54. The molecule has 0 saturated carbocycles. The minimum absolute atomic E-state index is 0.246. The lowest BCUT2D eigenvalue weighted by molar-refractivity contribution is 0.0696. The van der Waals surface area contributed by atoms with E-state index in [0.717, 1.165) is 36.9 Å². The Morgan fingerprint density at radius 1 is 1.36 bits per heavy atom. The molecular formula is C17H18N2O3. The molecule has 0 atom stereocenters. The Hall–Kier alpha value is -2.56. The van der Waals surface area contributed by atoms with Crippen LogP contribution >= 0.6 is 0 Å². The average molecular weight is 298 g/mol. The first-order chi connectivity index (χ1) is 10.7. The largest absolute Gasteiger partial charge is 0.497 e. The number of methoxy groups -OCH3 is 1. The van der Waals surface area contributed by atoms with E-state index in [9.17, 15) is 9.90 Å². The molecule has 22 heavy (non-hydrogen) atoms. The molecule has 5 nitrogen and oxygen atoms in total. The monoisotopic (exact) mass is 298 g/mol. The molecule has 0 amide bonds. The molecule has 3 rings (SSSR count). The summed E-state index contributed by atoms with van der Waals surface area (Å²) in [6.07, 6.45) is 7.65. The molecule has 1 aromatic carbocycles. The van der Waals surface area contributed by atoms with Crippen LogP contribution in [0.15, 0.2) is 36.5 Å². The van der Waals surface area contributed by atoms with Gasteiger partial charge in [-0.2, -0.15) is 5.10 Å². The van der Waals surface area contributed by atoms with E-state index in [2.05, 4.69) is 11.2 Å². The summed E-state index contributed by atoms with van der Waals surface area (Å²) < 4.78 is 6.94. The molecule has 0 spiro atoms. The molecule has 2 aromatic rings. The van der Waals surface area contributed by atoms with Gasteiger partial charge in [0.25, 0.3) is 0 Å². The Bertz CT molecular complexity index is 731. The normalized spacial score (nSPS) is 14.5. The molecule has 0 saturated heterocycles. The van der Waals surface area contributed by atoms with E-state index in [-0.39, 0.29) is 5.56 Å². The lowest BCUT2D eigenvalue weighted by Gasteiger charge is -2.16. The third-order valence-corrected chi connectivity index (χ3v) is 3.89. The molecular weight excluding hydrogens is 280 g/mol. The Kier molecular flexibility index (Phi) is 3.96. The summed E-state index contributed by atoms with van der Waals surface area (Å²) in [7, 11) is 1.61. The molecule has 1 N–H and O–H groups in total. The molecule has 0 bridgehead atoms. The van der Waals surface area contributed by atoms with Gasteiger partial charge in [-0.1, -0.05) is 12.1 Å². The Morgan fingerprint density at radius 3 is 2.91 bits per heavy atom. The topological polar surface area (TPSA) is 64.4 Å². The number of carbonyl (C=O) groups is 1. The van der Waals surface area contributed by atoms with Gasteiger partial charge >= 0.3 is 5.97 Å². The lowest BCUT2D eigenvalue weighted by Crippen LogP contribution is -2.08. The van der Waals surface area contributed by atoms with Gasteiger partial charge in [0, 0.05) is 6.07 Å². The quantitative estimate of drug-likeness (QED) is 0.937. The number of benzene rings is 1. The van der Waals surface area contributed by atoms with Crippen molar-refractivity contribution in [3.05, 3.63) is 47.8 Å². The van der Waals surface area contributed by atoms with Gasteiger partial charge in [-0.05, 0) is 43.4 Å². The van der Waals surface area contributed by atoms with Crippen LogP contribution in [-0.2, 0) is 0 Å². The van der Waals surface area contributed by atoms with Crippen LogP contribution in [-0.4, -0.2) is 28.0 Å². The summed E-state index contributed by atoms with van der Waals surface area (Å²) in [6, 6.07) is 7.47. The van der Waals surface area contributed by atoms with Crippen LogP contribution in [0.5, 0.6) is 5.75 Å². The third-order valence-electron chi connectivity index (χ3n) is 3.89. The molecule has 0 aliphatic heterocycles. The van der Waals surface area contributed by atoms with Crippen LogP contribution < -0.4 is 4.74 Å². The SMILES string of the molecule is COc1cccc(-n2ncc(C(=O)O)c2C2=CCCCC2)c1. The van der Waals surface area contributed by atoms with Gasteiger partial charge in [0.1, 0.15) is 11.3 Å². The Labute approximate surface area is 128 Å². The summed E-state index contributed by atoms with van der Waals surface area (Å²) in [5, 5.41) is 13.7. The van der Waals surface area contributed by atoms with Crippen LogP contribution in [0.2, 0.25) is 0 Å². The molecule has 0 fully saturated rings. The lowest BCUT2D eigenvalue weighted by atomic mass is 9.95. The predicted molar refractivity (Wildman–Crippen MR) is 83.5 cm³/mol. The highest BCUT2D eigenvalue weighted by Gasteiger charge is 2.22. The van der Waals surface area contributed by atoms with E-state index in [4.69, 9.17) is 4.74 Å². The van der Waals surface area contributed by atoms with Crippen LogP contribution in [0.3, 0.4) is 0 Å². The number of hydrogen-bond acceptors (Lipinski definition) is 3. The zero-order valence-corrected chi connectivity index (χ0v) is 12.5. The van der Waals surface area contributed by atoms with E-state index in [0.29, 0.717) is 11.4 Å². The maximum atomic E-state index is 11.5. The van der Waals surface area contributed by atoms with Gasteiger partial charge in [-0.25, -0.2) is 9.48 Å². The van der Waals surface area contributed by atoms with E-state index in [1.807, 2.05) is 24.3 Å². The Morgan fingerprint density at radius 2 is 2.23 bits per heavy atom. The number of carboxylic acid groups (broad SMARTS) is 1. The summed E-state index contributed by atoms with van der Waals surface area (Å²) in [5.74, 6) is -0.232. The average Bonchev–Trinajstić information content (AvgIpc) is 3.01. The van der Waals surface area contributed by atoms with Crippen molar-refractivity contribution in [3.63, 3.8) is 0 Å². The number of rotatable bonds is 4. The summed E-state index contributed by atoms with van der Waals surface area (Å²) in [4.78, 5) is 11.5. The molecule has 5 heteroatoms. The van der Waals surface area contributed by atoms with Gasteiger partial charge in [0.2, 0.25) is 0 Å². The zero-order valence-electron chi connectivity index (χ0n) is 12.5. The van der Waals surface area contributed by atoms with Crippen molar-refractivity contribution in [2.75, 3.05) is 7.11 Å². The maximum Gasteiger partial charge on any atom is 0.339 e. The highest BCUT2D eigenvalue weighted by Crippen LogP contribution is 2.31. The van der Waals surface area contributed by atoms with Gasteiger partial charge in [0.05, 0.1) is 24.7 Å². The van der Waals surface area contributed by atoms with Crippen molar-refractivity contribution in [2.24, 2.45) is 0 Å². The van der Waals surface area contributed by atoms with E-state index in [1.54, 1.807) is 11.8 Å². The van der Waals surface area contributed by atoms with Gasteiger partial charge in [-0.15, -0.1) is 0 Å². The first-order valence-electron chi connectivity index (χ1n) is 7.36. The van der Waals surface area contributed by atoms with Gasteiger partial charge in [-0.3, -0.25) is 0 Å². The highest BCUT2D eigenvalue weighted by atomic mass is 16.5. The number of aromatic nitrogens is 2. The van der Waals surface area contributed by atoms with Crippen LogP contribution in [0.4, 0.5) is 0 Å². The van der Waals surface area contributed by atoms with Crippen LogP contribution in [0.25, 0.3) is 11.3 Å². The van der Waals surface area contributed by atoms with Crippen molar-refractivity contribution >= 4 is 11.5 Å². The van der Waals surface area contributed by atoms with Crippen molar-refractivity contribution < 1.29 is 14.6 Å². The first kappa shape index (κ1) is 14.4. The number of ether oxygens (including phenoxy) is 1. The highest BCUT2D eigenvalue weighted by molar-refractivity contribution is 5.93. The van der Waals surface area contributed by atoms with Crippen LogP contribution in [0.1, 0.15) is 41.7 Å². The molecule has 0 radical (unpaired) electrons. The number of hydrogen-bond donors (Lipinski definition) is 1. The number of carboxylic acids is 1. The molecule has 1 aromatic heterocycles. The molecule has 1 heterocycles. The Balaban J connectivity index is 2.15. The number of aromatic carboxylic acids is 1. The number of nitrogens with zero attached hydrogens (tertiary/aromatic N) is 2. The third kappa shape index (κ3) is 2.62. The molecule has 114 valence electrons. The maximum absolute atomic E-state index is 11.5. The van der Waals surface area contributed by atoms with E-state index >= 15 is 0 Å². The molecule has 1 aliphatic carbocycles. The van der Waals surface area contributed by atoms with E-state index in [1.165, 1.54) is 6.20 Å². The minimum atomic E-state index is -0.949. The molecule has 1 aliphatic rings. The standard InChI is InChI=1S/C17H18N2O3/c1-22-14-9-5-8-13(10-14)19-16(12-6-3-2-4-7-12)15(11-18-19)17(20)21/h5-6,8-11H,2-4,7H2,1H3,(H,20,21). The van der Waals surface area contributed by atoms with E-state index < -0.39 is 5.97 Å². The summed E-state index contributed by atoms with van der Waals surface area (Å²) >= 11 is 0. The van der Waals surface area contributed by atoms with Crippen molar-refractivity contribution in [3.8, 4) is 11.4 Å². The van der Waals surface area contributed by atoms with Crippen LogP contribution in [0, 0.1) is 0 Å². The minimum Gasteiger partial charge on any atom is -0.497 e. The molecule has 0 unspecified atom stereocenters. The first-order valence-corrected chi connectivity index (χ1v) is 7.36. The van der Waals surface area contributed by atoms with Crippen molar-refractivity contribution in [2.45, 2.75) is 25.7 Å². The zero-order chi connectivity index (χ0) is 15.5. The van der Waals surface area contributed by atoms with Gasteiger partial charge in [0.15, 0.2) is 0 Å². The summed E-state index contributed by atoms with van der Waals surface area (Å²) in [5.41, 5.74) is 2.79. The second-order valence-electron chi connectivity index (χ2n) is 5.30. The fourth-order valence-electron chi connectivity index (χ4n) is 2.81. The summed E-state index contributed by atoms with van der Waals surface area (Å²) in [6.45, 7) is 0. The van der Waals surface area contributed by atoms with Crippen molar-refractivity contribution in [1.29, 1.82) is 0 Å². The van der Waals surface area contributed by atoms with Gasteiger partial charge < -0.3 is 9.84 Å².